The highest BCUT2D eigenvalue weighted by Crippen LogP contribution is 2.26. The van der Waals surface area contributed by atoms with E-state index in [9.17, 15) is 9.59 Å². The van der Waals surface area contributed by atoms with Gasteiger partial charge in [-0.3, -0.25) is 14.5 Å². The summed E-state index contributed by atoms with van der Waals surface area (Å²) in [6, 6.07) is 6.29. The van der Waals surface area contributed by atoms with Gasteiger partial charge in [0, 0.05) is 30.5 Å². The molecule has 1 aromatic carbocycles. The number of likely N-dealkylation sites (tertiary alicyclic amines) is 1. The lowest BCUT2D eigenvalue weighted by molar-refractivity contribution is -0.121. The molecule has 2 amide bonds. The van der Waals surface area contributed by atoms with Gasteiger partial charge in [0.2, 0.25) is 11.8 Å². The number of hydrogen-bond acceptors (Lipinski definition) is 5. The van der Waals surface area contributed by atoms with E-state index < -0.39 is 0 Å². The number of thiazole rings is 1. The maximum absolute atomic E-state index is 12.5. The average Bonchev–Trinajstić information content (AvgIpc) is 3.17. The van der Waals surface area contributed by atoms with Crippen LogP contribution >= 0.6 is 11.3 Å². The molecule has 162 valence electrons. The van der Waals surface area contributed by atoms with Crippen molar-refractivity contribution < 1.29 is 9.59 Å². The lowest BCUT2D eigenvalue weighted by Gasteiger charge is -2.32. The molecule has 0 saturated carbocycles. The molecular formula is C23H32N4O2S. The zero-order valence-electron chi connectivity index (χ0n) is 18.2. The summed E-state index contributed by atoms with van der Waals surface area (Å²) < 4.78 is 0. The van der Waals surface area contributed by atoms with Crippen molar-refractivity contribution in [2.24, 2.45) is 5.92 Å². The van der Waals surface area contributed by atoms with Crippen molar-refractivity contribution in [3.8, 4) is 11.3 Å². The predicted molar refractivity (Wildman–Crippen MR) is 123 cm³/mol. The number of anilines is 1. The first kappa shape index (κ1) is 22.4. The number of nitrogens with zero attached hydrogens (tertiary/aromatic N) is 2. The van der Waals surface area contributed by atoms with Gasteiger partial charge in [0.1, 0.15) is 0 Å². The molecule has 2 heterocycles. The summed E-state index contributed by atoms with van der Waals surface area (Å²) in [5.41, 5.74) is 4.45. The highest BCUT2D eigenvalue weighted by Gasteiger charge is 2.22. The third-order valence-corrected chi connectivity index (χ3v) is 6.35. The van der Waals surface area contributed by atoms with E-state index >= 15 is 0 Å². The van der Waals surface area contributed by atoms with Crippen LogP contribution in [0.5, 0.6) is 0 Å². The van der Waals surface area contributed by atoms with E-state index in [-0.39, 0.29) is 11.8 Å². The monoisotopic (exact) mass is 428 g/mol. The van der Waals surface area contributed by atoms with Crippen molar-refractivity contribution in [1.29, 1.82) is 0 Å². The molecule has 1 fully saturated rings. The molecule has 1 aromatic heterocycles. The van der Waals surface area contributed by atoms with Gasteiger partial charge in [-0.2, -0.15) is 0 Å². The summed E-state index contributed by atoms with van der Waals surface area (Å²) in [7, 11) is 0. The Morgan fingerprint density at radius 2 is 2.07 bits per heavy atom. The quantitative estimate of drug-likeness (QED) is 0.667. The number of benzene rings is 1. The SMILES string of the molecule is CCCC(=O)NCC1CCCN(CC(=O)Nc2nc(-c3ccc(C)c(C)c3)cs2)C1. The van der Waals surface area contributed by atoms with Crippen LogP contribution in [-0.4, -0.2) is 47.9 Å². The molecule has 1 aliphatic rings. The highest BCUT2D eigenvalue weighted by molar-refractivity contribution is 7.14. The number of piperidine rings is 1. The van der Waals surface area contributed by atoms with E-state index in [1.165, 1.54) is 22.5 Å². The Morgan fingerprint density at radius 3 is 2.83 bits per heavy atom. The van der Waals surface area contributed by atoms with Crippen molar-refractivity contribution in [3.63, 3.8) is 0 Å². The highest BCUT2D eigenvalue weighted by atomic mass is 32.1. The fraction of sp³-hybridized carbons (Fsp3) is 0.522. The Hall–Kier alpha value is -2.25. The maximum Gasteiger partial charge on any atom is 0.240 e. The average molecular weight is 429 g/mol. The largest absolute Gasteiger partial charge is 0.356 e. The summed E-state index contributed by atoms with van der Waals surface area (Å²) in [5.74, 6) is 0.492. The van der Waals surface area contributed by atoms with Crippen LogP contribution in [-0.2, 0) is 9.59 Å². The first-order valence-corrected chi connectivity index (χ1v) is 11.6. The summed E-state index contributed by atoms with van der Waals surface area (Å²) in [6.07, 6.45) is 3.59. The molecule has 2 N–H and O–H groups in total. The second-order valence-corrected chi connectivity index (χ2v) is 9.04. The van der Waals surface area contributed by atoms with Crippen LogP contribution in [0.4, 0.5) is 5.13 Å². The van der Waals surface area contributed by atoms with Crippen molar-refractivity contribution in [3.05, 3.63) is 34.7 Å². The lowest BCUT2D eigenvalue weighted by atomic mass is 9.98. The Balaban J connectivity index is 1.49. The molecule has 0 radical (unpaired) electrons. The van der Waals surface area contributed by atoms with Crippen LogP contribution in [0.15, 0.2) is 23.6 Å². The lowest BCUT2D eigenvalue weighted by Crippen LogP contribution is -2.43. The second-order valence-electron chi connectivity index (χ2n) is 8.18. The smallest absolute Gasteiger partial charge is 0.240 e. The zero-order chi connectivity index (χ0) is 21.5. The third-order valence-electron chi connectivity index (χ3n) is 5.59. The maximum atomic E-state index is 12.5. The minimum atomic E-state index is -0.0355. The normalized spacial score (nSPS) is 17.0. The molecule has 0 aliphatic carbocycles. The van der Waals surface area contributed by atoms with E-state index in [0.29, 0.717) is 30.6 Å². The molecule has 7 heteroatoms. The van der Waals surface area contributed by atoms with Crippen LogP contribution in [0.2, 0.25) is 0 Å². The van der Waals surface area contributed by atoms with Crippen molar-refractivity contribution in [2.75, 3.05) is 31.5 Å². The van der Waals surface area contributed by atoms with Gasteiger partial charge in [-0.05, 0) is 62.8 Å². The number of carbonyl (C=O) groups excluding carboxylic acids is 2. The number of aromatic nitrogens is 1. The second kappa shape index (κ2) is 10.7. The molecule has 2 aromatic rings. The minimum Gasteiger partial charge on any atom is -0.356 e. The van der Waals surface area contributed by atoms with E-state index in [1.54, 1.807) is 0 Å². The summed E-state index contributed by atoms with van der Waals surface area (Å²) >= 11 is 1.45. The van der Waals surface area contributed by atoms with E-state index in [4.69, 9.17) is 0 Å². The van der Waals surface area contributed by atoms with Gasteiger partial charge in [-0.15, -0.1) is 11.3 Å². The van der Waals surface area contributed by atoms with Crippen molar-refractivity contribution >= 4 is 28.3 Å². The predicted octanol–water partition coefficient (Wildman–Crippen LogP) is 3.99. The number of rotatable bonds is 8. The number of hydrogen-bond donors (Lipinski definition) is 2. The molecule has 30 heavy (non-hydrogen) atoms. The van der Waals surface area contributed by atoms with Gasteiger partial charge in [-0.1, -0.05) is 19.1 Å². The first-order chi connectivity index (χ1) is 14.4. The standard InChI is InChI=1S/C23H32N4O2S/c1-4-6-21(28)24-12-18-7-5-10-27(13-18)14-22(29)26-23-25-20(15-30-23)19-9-8-16(2)17(3)11-19/h8-9,11,15,18H,4-7,10,12-14H2,1-3H3,(H,24,28)(H,25,26,29). The number of carbonyl (C=O) groups is 2. The molecule has 0 spiro atoms. The number of nitrogens with one attached hydrogen (secondary N) is 2. The van der Waals surface area contributed by atoms with Gasteiger partial charge >= 0.3 is 0 Å². The number of amides is 2. The van der Waals surface area contributed by atoms with Crippen LogP contribution in [0.1, 0.15) is 43.7 Å². The van der Waals surface area contributed by atoms with Gasteiger partial charge in [0.25, 0.3) is 0 Å². The van der Waals surface area contributed by atoms with E-state index in [0.717, 1.165) is 43.6 Å². The van der Waals surface area contributed by atoms with Gasteiger partial charge in [0.15, 0.2) is 5.13 Å². The van der Waals surface area contributed by atoms with Gasteiger partial charge in [0.05, 0.1) is 12.2 Å². The fourth-order valence-corrected chi connectivity index (χ4v) is 4.50. The summed E-state index contributed by atoms with van der Waals surface area (Å²) in [5, 5.41) is 8.58. The molecule has 3 rings (SSSR count). The van der Waals surface area contributed by atoms with Crippen LogP contribution in [0.25, 0.3) is 11.3 Å². The Kier molecular flexibility index (Phi) is 7.99. The molecule has 6 nitrogen and oxygen atoms in total. The fourth-order valence-electron chi connectivity index (χ4n) is 3.76. The minimum absolute atomic E-state index is 0.0355. The molecule has 1 unspecified atom stereocenters. The summed E-state index contributed by atoms with van der Waals surface area (Å²) in [4.78, 5) is 31.0. The van der Waals surface area contributed by atoms with E-state index in [1.807, 2.05) is 12.3 Å². The van der Waals surface area contributed by atoms with Crippen LogP contribution in [0, 0.1) is 19.8 Å². The molecule has 0 bridgehead atoms. The topological polar surface area (TPSA) is 74.3 Å². The van der Waals surface area contributed by atoms with Gasteiger partial charge in [-0.25, -0.2) is 4.98 Å². The molecule has 1 atom stereocenters. The van der Waals surface area contributed by atoms with Crippen LogP contribution < -0.4 is 10.6 Å². The van der Waals surface area contributed by atoms with Gasteiger partial charge < -0.3 is 10.6 Å². The van der Waals surface area contributed by atoms with Crippen molar-refractivity contribution in [2.45, 2.75) is 46.5 Å². The van der Waals surface area contributed by atoms with Crippen LogP contribution in [0.3, 0.4) is 0 Å². The number of aryl methyl sites for hydroxylation is 2. The molecule has 1 saturated heterocycles. The third kappa shape index (κ3) is 6.37. The molecule has 1 aliphatic heterocycles. The first-order valence-electron chi connectivity index (χ1n) is 10.8. The Bertz CT molecular complexity index is 880. The van der Waals surface area contributed by atoms with Crippen molar-refractivity contribution in [1.82, 2.24) is 15.2 Å². The zero-order valence-corrected chi connectivity index (χ0v) is 19.0. The van der Waals surface area contributed by atoms with E-state index in [2.05, 4.69) is 52.6 Å². The molecular weight excluding hydrogens is 396 g/mol. The summed E-state index contributed by atoms with van der Waals surface area (Å²) in [6.45, 7) is 9.00. The Morgan fingerprint density at radius 1 is 1.23 bits per heavy atom. The Labute approximate surface area is 183 Å².